The highest BCUT2D eigenvalue weighted by molar-refractivity contribution is 6.31. The average molecular weight is 235 g/mol. The first kappa shape index (κ1) is 12.1. The van der Waals surface area contributed by atoms with Gasteiger partial charge in [0.1, 0.15) is 5.82 Å². The Morgan fingerprint density at radius 1 is 1.40 bits per heavy atom. The molecule has 0 amide bonds. The molecule has 3 nitrogen and oxygen atoms in total. The van der Waals surface area contributed by atoms with E-state index in [1.54, 1.807) is 0 Å². The molecule has 0 fully saturated rings. The van der Waals surface area contributed by atoms with Crippen LogP contribution in [0.15, 0.2) is 6.07 Å². The van der Waals surface area contributed by atoms with E-state index in [1.165, 1.54) is 14.2 Å². The van der Waals surface area contributed by atoms with Gasteiger partial charge in [-0.1, -0.05) is 11.6 Å². The maximum atomic E-state index is 13.3. The minimum Gasteiger partial charge on any atom is -0.493 e. The molecular formula is C10H12ClFO3. The van der Waals surface area contributed by atoms with Crippen LogP contribution >= 0.6 is 11.6 Å². The molecule has 15 heavy (non-hydrogen) atoms. The zero-order valence-electron chi connectivity index (χ0n) is 8.51. The summed E-state index contributed by atoms with van der Waals surface area (Å²) in [6.07, 6.45) is 0.218. The summed E-state index contributed by atoms with van der Waals surface area (Å²) in [6, 6.07) is 1.15. The topological polar surface area (TPSA) is 38.7 Å². The Balaban J connectivity index is 3.35. The zero-order chi connectivity index (χ0) is 11.4. The number of ether oxygens (including phenoxy) is 2. The van der Waals surface area contributed by atoms with Gasteiger partial charge in [0.25, 0.3) is 0 Å². The fourth-order valence-electron chi connectivity index (χ4n) is 1.35. The van der Waals surface area contributed by atoms with Crippen molar-refractivity contribution in [2.24, 2.45) is 0 Å². The Kier molecular flexibility index (Phi) is 4.17. The second kappa shape index (κ2) is 5.19. The predicted octanol–water partition coefficient (Wildman–Crippen LogP) is 2.03. The van der Waals surface area contributed by atoms with E-state index in [-0.39, 0.29) is 23.8 Å². The lowest BCUT2D eigenvalue weighted by Crippen LogP contribution is -2.01. The molecule has 0 aliphatic rings. The highest BCUT2D eigenvalue weighted by Gasteiger charge is 2.17. The molecule has 0 bridgehead atoms. The Bertz CT molecular complexity index is 355. The SMILES string of the molecule is COc1cc(F)c(Cl)c(CCO)c1OC. The van der Waals surface area contributed by atoms with Crippen LogP contribution < -0.4 is 9.47 Å². The lowest BCUT2D eigenvalue weighted by atomic mass is 10.1. The second-order valence-corrected chi connectivity index (χ2v) is 3.24. The van der Waals surface area contributed by atoms with Crippen LogP contribution in [0.5, 0.6) is 11.5 Å². The van der Waals surface area contributed by atoms with Crippen LogP contribution in [0.3, 0.4) is 0 Å². The van der Waals surface area contributed by atoms with E-state index in [0.29, 0.717) is 11.3 Å². The molecule has 0 saturated heterocycles. The number of aliphatic hydroxyl groups excluding tert-OH is 1. The van der Waals surface area contributed by atoms with Crippen molar-refractivity contribution in [2.75, 3.05) is 20.8 Å². The van der Waals surface area contributed by atoms with Crippen molar-refractivity contribution in [3.05, 3.63) is 22.5 Å². The first-order valence-electron chi connectivity index (χ1n) is 4.35. The van der Waals surface area contributed by atoms with Gasteiger partial charge >= 0.3 is 0 Å². The summed E-state index contributed by atoms with van der Waals surface area (Å²) in [6.45, 7) is -0.136. The first-order valence-corrected chi connectivity index (χ1v) is 4.73. The standard InChI is InChI=1S/C10H12ClFO3/c1-14-8-5-7(12)9(11)6(3-4-13)10(8)15-2/h5,13H,3-4H2,1-2H3. The van der Waals surface area contributed by atoms with Gasteiger partial charge in [0.2, 0.25) is 0 Å². The smallest absolute Gasteiger partial charge is 0.165 e. The Morgan fingerprint density at radius 2 is 2.07 bits per heavy atom. The Morgan fingerprint density at radius 3 is 2.53 bits per heavy atom. The van der Waals surface area contributed by atoms with E-state index in [9.17, 15) is 4.39 Å². The van der Waals surface area contributed by atoms with Gasteiger partial charge < -0.3 is 14.6 Å². The third-order valence-electron chi connectivity index (χ3n) is 2.02. The fourth-order valence-corrected chi connectivity index (χ4v) is 1.58. The Labute approximate surface area is 92.4 Å². The summed E-state index contributed by atoms with van der Waals surface area (Å²) in [5.41, 5.74) is 0.415. The summed E-state index contributed by atoms with van der Waals surface area (Å²) < 4.78 is 23.3. The van der Waals surface area contributed by atoms with Crippen molar-refractivity contribution in [3.63, 3.8) is 0 Å². The van der Waals surface area contributed by atoms with E-state index in [2.05, 4.69) is 0 Å². The molecule has 0 radical (unpaired) electrons. The minimum atomic E-state index is -0.585. The number of aliphatic hydroxyl groups is 1. The van der Waals surface area contributed by atoms with E-state index in [1.807, 2.05) is 0 Å². The van der Waals surface area contributed by atoms with Gasteiger partial charge in [-0.25, -0.2) is 4.39 Å². The van der Waals surface area contributed by atoms with Gasteiger partial charge in [-0.3, -0.25) is 0 Å². The summed E-state index contributed by atoms with van der Waals surface area (Å²) in [4.78, 5) is 0. The van der Waals surface area contributed by atoms with Gasteiger partial charge in [-0.2, -0.15) is 0 Å². The summed E-state index contributed by atoms with van der Waals surface area (Å²) in [5, 5.41) is 8.80. The molecule has 0 saturated carbocycles. The molecule has 1 aromatic carbocycles. The second-order valence-electron chi connectivity index (χ2n) is 2.86. The Hall–Kier alpha value is -1.00. The zero-order valence-corrected chi connectivity index (χ0v) is 9.27. The van der Waals surface area contributed by atoms with E-state index in [4.69, 9.17) is 26.2 Å². The molecule has 1 aromatic rings. The van der Waals surface area contributed by atoms with Crippen LogP contribution in [0.25, 0.3) is 0 Å². The van der Waals surface area contributed by atoms with Crippen LogP contribution in [0.1, 0.15) is 5.56 Å². The van der Waals surface area contributed by atoms with Crippen molar-refractivity contribution in [1.29, 1.82) is 0 Å². The monoisotopic (exact) mass is 234 g/mol. The maximum Gasteiger partial charge on any atom is 0.165 e. The number of hydrogen-bond donors (Lipinski definition) is 1. The third kappa shape index (κ3) is 2.33. The molecule has 1 N–H and O–H groups in total. The van der Waals surface area contributed by atoms with Gasteiger partial charge in [-0.15, -0.1) is 0 Å². The van der Waals surface area contributed by atoms with Crippen LogP contribution in [0, 0.1) is 5.82 Å². The normalized spacial score (nSPS) is 10.2. The van der Waals surface area contributed by atoms with Crippen LogP contribution in [0.2, 0.25) is 5.02 Å². The van der Waals surface area contributed by atoms with E-state index >= 15 is 0 Å². The molecule has 0 unspecified atom stereocenters. The number of methoxy groups -OCH3 is 2. The minimum absolute atomic E-state index is 0.0401. The number of benzene rings is 1. The molecule has 1 rings (SSSR count). The molecule has 5 heteroatoms. The van der Waals surface area contributed by atoms with Crippen molar-refractivity contribution in [2.45, 2.75) is 6.42 Å². The molecular weight excluding hydrogens is 223 g/mol. The molecule has 0 aliphatic carbocycles. The highest BCUT2D eigenvalue weighted by Crippen LogP contribution is 2.37. The lowest BCUT2D eigenvalue weighted by molar-refractivity contribution is 0.294. The van der Waals surface area contributed by atoms with Crippen molar-refractivity contribution in [3.8, 4) is 11.5 Å². The van der Waals surface area contributed by atoms with Crippen LogP contribution in [0.4, 0.5) is 4.39 Å². The van der Waals surface area contributed by atoms with Gasteiger partial charge in [-0.05, 0) is 0 Å². The van der Waals surface area contributed by atoms with Crippen LogP contribution in [-0.2, 0) is 6.42 Å². The van der Waals surface area contributed by atoms with Gasteiger partial charge in [0, 0.05) is 24.7 Å². The van der Waals surface area contributed by atoms with Crippen molar-refractivity contribution >= 4 is 11.6 Å². The van der Waals surface area contributed by atoms with E-state index in [0.717, 1.165) is 6.07 Å². The molecule has 0 aromatic heterocycles. The van der Waals surface area contributed by atoms with Gasteiger partial charge in [0.05, 0.1) is 19.2 Å². The molecule has 0 heterocycles. The number of rotatable bonds is 4. The number of halogens is 2. The van der Waals surface area contributed by atoms with Crippen molar-refractivity contribution < 1.29 is 19.0 Å². The van der Waals surface area contributed by atoms with Gasteiger partial charge in [0.15, 0.2) is 11.5 Å². The molecule has 0 aliphatic heterocycles. The molecule has 0 atom stereocenters. The quantitative estimate of drug-likeness (QED) is 0.867. The van der Waals surface area contributed by atoms with Crippen molar-refractivity contribution in [1.82, 2.24) is 0 Å². The summed E-state index contributed by atoms with van der Waals surface area (Å²) >= 11 is 5.76. The predicted molar refractivity (Wildman–Crippen MR) is 55.3 cm³/mol. The molecule has 0 spiro atoms. The summed E-state index contributed by atoms with van der Waals surface area (Å²) in [7, 11) is 2.85. The van der Waals surface area contributed by atoms with E-state index < -0.39 is 5.82 Å². The fraction of sp³-hybridized carbons (Fsp3) is 0.400. The van der Waals surface area contributed by atoms with Crippen LogP contribution in [-0.4, -0.2) is 25.9 Å². The lowest BCUT2D eigenvalue weighted by Gasteiger charge is -2.14. The highest BCUT2D eigenvalue weighted by atomic mass is 35.5. The summed E-state index contributed by atoms with van der Waals surface area (Å²) in [5.74, 6) is 0.0403. The maximum absolute atomic E-state index is 13.3. The largest absolute Gasteiger partial charge is 0.493 e. The molecule has 84 valence electrons. The number of hydrogen-bond acceptors (Lipinski definition) is 3. The average Bonchev–Trinajstić information content (AvgIpc) is 2.24. The third-order valence-corrected chi connectivity index (χ3v) is 2.42. The first-order chi connectivity index (χ1) is 7.15.